The monoisotopic (exact) mass is 428 g/mol. The van der Waals surface area contributed by atoms with Gasteiger partial charge in [-0.15, -0.1) is 10.2 Å². The zero-order chi connectivity index (χ0) is 17.7. The molecule has 1 atom stereocenters. The van der Waals surface area contributed by atoms with Crippen LogP contribution in [0.2, 0.25) is 10.0 Å². The van der Waals surface area contributed by atoms with Crippen LogP contribution in [-0.2, 0) is 4.79 Å². The van der Waals surface area contributed by atoms with Crippen molar-refractivity contribution in [2.75, 3.05) is 0 Å². The lowest BCUT2D eigenvalue weighted by atomic mass is 10.1. The van der Waals surface area contributed by atoms with Gasteiger partial charge in [-0.3, -0.25) is 0 Å². The van der Waals surface area contributed by atoms with Crippen LogP contribution in [0.3, 0.4) is 0 Å². The first-order valence-electron chi connectivity index (χ1n) is 6.62. The highest BCUT2D eigenvalue weighted by atomic mass is 79.9. The predicted molar refractivity (Wildman–Crippen MR) is 96.4 cm³/mol. The van der Waals surface area contributed by atoms with Gasteiger partial charge in [-0.1, -0.05) is 63.4 Å². The summed E-state index contributed by atoms with van der Waals surface area (Å²) in [5, 5.41) is 27.8. The summed E-state index contributed by atoms with van der Waals surface area (Å²) in [5.41, 5.74) is 0.318. The van der Waals surface area contributed by atoms with Crippen LogP contribution in [0.4, 0.5) is 5.69 Å². The topological polar surface area (TPSA) is 82.2 Å². The summed E-state index contributed by atoms with van der Waals surface area (Å²) in [5.74, 6) is -1.90. The van der Waals surface area contributed by atoms with Crippen LogP contribution in [-0.4, -0.2) is 16.2 Å². The molecule has 0 aliphatic heterocycles. The molecule has 0 heterocycles. The Kier molecular flexibility index (Phi) is 6.36. The predicted octanol–water partition coefficient (Wildman–Crippen LogP) is 6.07. The van der Waals surface area contributed by atoms with E-state index in [9.17, 15) is 15.0 Å². The number of aliphatic hydroxyl groups is 1. The molecule has 2 rings (SSSR count). The summed E-state index contributed by atoms with van der Waals surface area (Å²) in [6, 6.07) is 13.1. The van der Waals surface area contributed by atoms with E-state index < -0.39 is 22.3 Å². The van der Waals surface area contributed by atoms with Crippen molar-refractivity contribution in [1.82, 2.24) is 0 Å². The molecule has 0 amide bonds. The van der Waals surface area contributed by atoms with Gasteiger partial charge in [0, 0.05) is 5.02 Å². The van der Waals surface area contributed by atoms with Crippen molar-refractivity contribution in [2.45, 2.75) is 4.83 Å². The number of rotatable bonds is 5. The lowest BCUT2D eigenvalue weighted by molar-refractivity contribution is -0.132. The fourth-order valence-electron chi connectivity index (χ4n) is 1.75. The second kappa shape index (κ2) is 8.28. The molecule has 0 spiro atoms. The van der Waals surface area contributed by atoms with Gasteiger partial charge in [0.1, 0.15) is 11.4 Å². The summed E-state index contributed by atoms with van der Waals surface area (Å²) in [6.45, 7) is 0. The number of alkyl halides is 1. The minimum absolute atomic E-state index is 0.295. The van der Waals surface area contributed by atoms with Crippen molar-refractivity contribution in [1.29, 1.82) is 0 Å². The van der Waals surface area contributed by atoms with Gasteiger partial charge >= 0.3 is 5.97 Å². The number of hydrogen-bond donors (Lipinski definition) is 2. The number of carbonyl (C=O) groups is 1. The third-order valence-electron chi connectivity index (χ3n) is 2.96. The molecule has 2 N–H and O–H groups in total. The number of aliphatic carboxylic acids is 1. The van der Waals surface area contributed by atoms with Crippen molar-refractivity contribution in [3.63, 3.8) is 0 Å². The number of nitrogens with zero attached hydrogens (tertiary/aromatic N) is 2. The zero-order valence-electron chi connectivity index (χ0n) is 12.0. The Morgan fingerprint density at radius 1 is 1.04 bits per heavy atom. The summed E-state index contributed by atoms with van der Waals surface area (Å²) in [7, 11) is 0. The van der Waals surface area contributed by atoms with Crippen LogP contribution in [0.15, 0.2) is 70.2 Å². The zero-order valence-corrected chi connectivity index (χ0v) is 15.1. The average Bonchev–Trinajstić information content (AvgIpc) is 2.56. The van der Waals surface area contributed by atoms with Gasteiger partial charge in [0.2, 0.25) is 5.70 Å². The molecule has 0 saturated carbocycles. The quantitative estimate of drug-likeness (QED) is 0.262. The van der Waals surface area contributed by atoms with E-state index in [0.717, 1.165) is 0 Å². The van der Waals surface area contributed by atoms with E-state index in [1.54, 1.807) is 48.5 Å². The van der Waals surface area contributed by atoms with Crippen LogP contribution in [0, 0.1) is 0 Å². The smallest absolute Gasteiger partial charge is 0.360 e. The van der Waals surface area contributed by atoms with E-state index >= 15 is 0 Å². The summed E-state index contributed by atoms with van der Waals surface area (Å²) in [4.78, 5) is 10.6. The van der Waals surface area contributed by atoms with E-state index in [2.05, 4.69) is 26.2 Å². The maximum atomic E-state index is 11.4. The Labute approximate surface area is 156 Å². The number of carboxylic acid groups (broad SMARTS) is 1. The molecule has 1 unspecified atom stereocenters. The van der Waals surface area contributed by atoms with Crippen LogP contribution < -0.4 is 0 Å². The van der Waals surface area contributed by atoms with Crippen LogP contribution >= 0.6 is 39.1 Å². The number of halogens is 3. The van der Waals surface area contributed by atoms with E-state index in [1.807, 2.05) is 0 Å². The highest BCUT2D eigenvalue weighted by Crippen LogP contribution is 2.33. The first kappa shape index (κ1) is 18.4. The summed E-state index contributed by atoms with van der Waals surface area (Å²) < 4.78 is 0. The van der Waals surface area contributed by atoms with Crippen LogP contribution in [0.5, 0.6) is 0 Å². The van der Waals surface area contributed by atoms with Gasteiger partial charge in [0.25, 0.3) is 0 Å². The highest BCUT2D eigenvalue weighted by Gasteiger charge is 2.22. The van der Waals surface area contributed by atoms with Crippen LogP contribution in [0.25, 0.3) is 0 Å². The number of benzene rings is 2. The molecular weight excluding hydrogens is 419 g/mol. The second-order valence-corrected chi connectivity index (χ2v) is 6.36. The molecule has 2 aromatic carbocycles. The normalized spacial score (nSPS) is 13.6. The Bertz CT molecular complexity index is 807. The number of azo groups is 1. The van der Waals surface area contributed by atoms with E-state index in [-0.39, 0.29) is 0 Å². The summed E-state index contributed by atoms with van der Waals surface area (Å²) >= 11 is 15.0. The molecule has 24 heavy (non-hydrogen) atoms. The molecule has 5 nitrogen and oxygen atoms in total. The first-order chi connectivity index (χ1) is 11.4. The Balaban J connectivity index is 2.37. The maximum Gasteiger partial charge on any atom is 0.360 e. The molecule has 0 aromatic heterocycles. The Hall–Kier alpha value is -1.89. The van der Waals surface area contributed by atoms with Gasteiger partial charge < -0.3 is 10.2 Å². The number of carboxylic acids is 1. The lowest BCUT2D eigenvalue weighted by Crippen LogP contribution is -2.06. The number of allylic oxidation sites excluding steroid dienone is 1. The van der Waals surface area contributed by atoms with Crippen molar-refractivity contribution in [3.8, 4) is 0 Å². The molecule has 124 valence electrons. The third kappa shape index (κ3) is 4.56. The summed E-state index contributed by atoms with van der Waals surface area (Å²) in [6.07, 6.45) is 0. The molecule has 0 aliphatic rings. The van der Waals surface area contributed by atoms with E-state index in [1.165, 1.54) is 0 Å². The second-order valence-electron chi connectivity index (χ2n) is 4.60. The maximum absolute atomic E-state index is 11.4. The minimum atomic E-state index is -1.42. The molecular formula is C16H11BrCl2N2O3. The Morgan fingerprint density at radius 2 is 1.67 bits per heavy atom. The van der Waals surface area contributed by atoms with Gasteiger partial charge in [-0.25, -0.2) is 4.79 Å². The SMILES string of the molecule is O=C(O)C(N=Nc1ccccc1Cl)=C(O)C(Br)c1ccc(Cl)cc1. The van der Waals surface area contributed by atoms with Gasteiger partial charge in [0.05, 0.1) is 9.85 Å². The molecule has 8 heteroatoms. The van der Waals surface area contributed by atoms with Crippen molar-refractivity contribution in [2.24, 2.45) is 10.2 Å². The van der Waals surface area contributed by atoms with Crippen molar-refractivity contribution in [3.05, 3.63) is 75.6 Å². The molecule has 0 fully saturated rings. The van der Waals surface area contributed by atoms with Gasteiger partial charge in [-0.2, -0.15) is 0 Å². The molecule has 0 radical (unpaired) electrons. The average molecular weight is 430 g/mol. The first-order valence-corrected chi connectivity index (χ1v) is 8.29. The molecule has 0 aliphatic carbocycles. The fraction of sp³-hybridized carbons (Fsp3) is 0.0625. The number of aliphatic hydroxyl groups excluding tert-OH is 1. The van der Waals surface area contributed by atoms with E-state index in [0.29, 0.717) is 21.3 Å². The van der Waals surface area contributed by atoms with Gasteiger partial charge in [-0.05, 0) is 29.8 Å². The fourth-order valence-corrected chi connectivity index (χ4v) is 2.57. The minimum Gasteiger partial charge on any atom is -0.508 e. The van der Waals surface area contributed by atoms with Crippen molar-refractivity contribution < 1.29 is 15.0 Å². The molecule has 0 saturated heterocycles. The van der Waals surface area contributed by atoms with Crippen molar-refractivity contribution >= 4 is 50.8 Å². The third-order valence-corrected chi connectivity index (χ3v) is 4.49. The Morgan fingerprint density at radius 3 is 2.25 bits per heavy atom. The molecule has 0 bridgehead atoms. The largest absolute Gasteiger partial charge is 0.508 e. The highest BCUT2D eigenvalue weighted by molar-refractivity contribution is 9.09. The molecule has 2 aromatic rings. The lowest BCUT2D eigenvalue weighted by Gasteiger charge is -2.10. The van der Waals surface area contributed by atoms with Gasteiger partial charge in [0.15, 0.2) is 0 Å². The number of hydrogen-bond acceptors (Lipinski definition) is 4. The van der Waals surface area contributed by atoms with E-state index in [4.69, 9.17) is 23.2 Å². The van der Waals surface area contributed by atoms with Crippen LogP contribution in [0.1, 0.15) is 10.4 Å². The standard InChI is InChI=1S/C16H11BrCl2N2O3/c17-13(9-5-7-10(18)8-6-9)15(22)14(16(23)24)21-20-12-4-2-1-3-11(12)19/h1-8,13,22H,(H,23,24).